The van der Waals surface area contributed by atoms with E-state index in [9.17, 15) is 4.21 Å². The van der Waals surface area contributed by atoms with Crippen molar-refractivity contribution in [2.24, 2.45) is 0 Å². The summed E-state index contributed by atoms with van der Waals surface area (Å²) in [5.41, 5.74) is 1.44. The summed E-state index contributed by atoms with van der Waals surface area (Å²) in [5, 5.41) is 4.48. The van der Waals surface area contributed by atoms with E-state index in [0.717, 1.165) is 10.3 Å². The van der Waals surface area contributed by atoms with Crippen molar-refractivity contribution in [2.45, 2.75) is 17.3 Å². The summed E-state index contributed by atoms with van der Waals surface area (Å²) in [6, 6.07) is 5.29. The number of thiazole rings is 1. The predicted octanol–water partition coefficient (Wildman–Crippen LogP) is 4.30. The van der Waals surface area contributed by atoms with Gasteiger partial charge >= 0.3 is 0 Å². The summed E-state index contributed by atoms with van der Waals surface area (Å²) in [6.07, 6.45) is 3.03. The molecule has 5 nitrogen and oxygen atoms in total. The van der Waals surface area contributed by atoms with Crippen molar-refractivity contribution in [3.63, 3.8) is 0 Å². The number of nitrogens with one attached hydrogen (secondary N) is 1. The first-order valence-corrected chi connectivity index (χ1v) is 9.75. The Morgan fingerprint density at radius 2 is 2.09 bits per heavy atom. The zero-order chi connectivity index (χ0) is 16.6. The maximum Gasteiger partial charge on any atom is 0.183 e. The highest BCUT2D eigenvalue weighted by atomic mass is 35.5. The van der Waals surface area contributed by atoms with E-state index >= 15 is 0 Å². The maximum atomic E-state index is 11.6. The van der Waals surface area contributed by atoms with Crippen LogP contribution in [0.5, 0.6) is 0 Å². The standard InChI is InChI=1S/C14H12Cl2N4OS2/c1-7(9-4-3-8(15)5-10(9)16)19-12-11-13(18-6-17-12)20-14(22-11)23(2)21/h3-7H,1-2H3,(H,17,18,19)/t7-,23?/m1/s1. The van der Waals surface area contributed by atoms with Crippen LogP contribution in [0, 0.1) is 0 Å². The Kier molecular flexibility index (Phi) is 4.82. The van der Waals surface area contributed by atoms with Crippen molar-refractivity contribution >= 4 is 61.5 Å². The number of hydrogen-bond acceptors (Lipinski definition) is 6. The first-order valence-electron chi connectivity index (χ1n) is 6.62. The van der Waals surface area contributed by atoms with E-state index < -0.39 is 10.8 Å². The van der Waals surface area contributed by atoms with Crippen LogP contribution in [-0.4, -0.2) is 25.4 Å². The fraction of sp³-hybridized carbons (Fsp3) is 0.214. The number of aromatic nitrogens is 3. The molecule has 1 unspecified atom stereocenters. The molecule has 0 spiro atoms. The molecule has 120 valence electrons. The highest BCUT2D eigenvalue weighted by Crippen LogP contribution is 2.32. The molecule has 9 heteroatoms. The first kappa shape index (κ1) is 16.6. The molecule has 0 aliphatic carbocycles. The van der Waals surface area contributed by atoms with E-state index in [0.29, 0.717) is 25.8 Å². The molecular formula is C14H12Cl2N4OS2. The largest absolute Gasteiger partial charge is 0.362 e. The minimum atomic E-state index is -1.15. The minimum absolute atomic E-state index is 0.0875. The number of nitrogens with zero attached hydrogens (tertiary/aromatic N) is 3. The van der Waals surface area contributed by atoms with Crippen LogP contribution in [0.4, 0.5) is 5.82 Å². The van der Waals surface area contributed by atoms with E-state index in [2.05, 4.69) is 20.3 Å². The van der Waals surface area contributed by atoms with Gasteiger partial charge in [0, 0.05) is 16.3 Å². The van der Waals surface area contributed by atoms with Crippen molar-refractivity contribution < 1.29 is 4.21 Å². The number of fused-ring (bicyclic) bond motifs is 1. The van der Waals surface area contributed by atoms with Gasteiger partial charge < -0.3 is 5.32 Å². The van der Waals surface area contributed by atoms with Gasteiger partial charge in [-0.15, -0.1) is 0 Å². The molecule has 0 saturated carbocycles. The van der Waals surface area contributed by atoms with Crippen LogP contribution in [0.25, 0.3) is 10.3 Å². The lowest BCUT2D eigenvalue weighted by Gasteiger charge is -2.16. The fourth-order valence-corrected chi connectivity index (χ4v) is 4.31. The second-order valence-corrected chi connectivity index (χ2v) is 8.24. The molecule has 3 rings (SSSR count). The van der Waals surface area contributed by atoms with Gasteiger partial charge in [0.25, 0.3) is 0 Å². The Morgan fingerprint density at radius 1 is 1.30 bits per heavy atom. The van der Waals surface area contributed by atoms with Crippen LogP contribution in [0.2, 0.25) is 10.0 Å². The fourth-order valence-electron chi connectivity index (χ4n) is 2.10. The summed E-state index contributed by atoms with van der Waals surface area (Å²) < 4.78 is 12.9. The Balaban J connectivity index is 1.96. The Hall–Kier alpha value is -1.28. The van der Waals surface area contributed by atoms with Gasteiger partial charge in [-0.25, -0.2) is 15.0 Å². The highest BCUT2D eigenvalue weighted by Gasteiger charge is 2.16. The third-order valence-corrected chi connectivity index (χ3v) is 6.15. The van der Waals surface area contributed by atoms with Crippen LogP contribution >= 0.6 is 34.5 Å². The zero-order valence-corrected chi connectivity index (χ0v) is 15.4. The van der Waals surface area contributed by atoms with Gasteiger partial charge in [-0.05, 0) is 24.6 Å². The van der Waals surface area contributed by atoms with Crippen molar-refractivity contribution in [1.29, 1.82) is 0 Å². The summed E-state index contributed by atoms with van der Waals surface area (Å²) in [4.78, 5) is 12.7. The van der Waals surface area contributed by atoms with Gasteiger partial charge in [-0.3, -0.25) is 4.21 Å². The molecule has 3 aromatic rings. The molecule has 1 N–H and O–H groups in total. The summed E-state index contributed by atoms with van der Waals surface area (Å²) in [7, 11) is -1.15. The van der Waals surface area contributed by atoms with Crippen molar-refractivity contribution in [1.82, 2.24) is 15.0 Å². The lowest BCUT2D eigenvalue weighted by molar-refractivity contribution is 0.686. The summed E-state index contributed by atoms with van der Waals surface area (Å²) in [5.74, 6) is 0.641. The molecular weight excluding hydrogens is 375 g/mol. The molecule has 0 aliphatic rings. The van der Waals surface area contributed by atoms with Crippen molar-refractivity contribution in [3.8, 4) is 0 Å². The SMILES string of the molecule is C[C@@H](Nc1ncnc2nc(S(C)=O)sc12)c1ccc(Cl)cc1Cl. The van der Waals surface area contributed by atoms with Gasteiger partial charge in [0.1, 0.15) is 16.8 Å². The lowest BCUT2D eigenvalue weighted by Crippen LogP contribution is -2.08. The van der Waals surface area contributed by atoms with Gasteiger partial charge in [0.05, 0.1) is 16.8 Å². The third-order valence-electron chi connectivity index (χ3n) is 3.20. The third kappa shape index (κ3) is 3.47. The Morgan fingerprint density at radius 3 is 2.78 bits per heavy atom. The van der Waals surface area contributed by atoms with Crippen LogP contribution in [0.3, 0.4) is 0 Å². The van der Waals surface area contributed by atoms with Gasteiger partial charge in [-0.2, -0.15) is 0 Å². The van der Waals surface area contributed by atoms with Crippen LogP contribution in [-0.2, 0) is 10.8 Å². The molecule has 2 aromatic heterocycles. The number of hydrogen-bond donors (Lipinski definition) is 1. The summed E-state index contributed by atoms with van der Waals surface area (Å²) >= 11 is 13.5. The van der Waals surface area contributed by atoms with Gasteiger partial charge in [0.2, 0.25) is 0 Å². The zero-order valence-electron chi connectivity index (χ0n) is 12.2. The second kappa shape index (κ2) is 6.68. The van der Waals surface area contributed by atoms with Gasteiger partial charge in [-0.1, -0.05) is 40.6 Å². The van der Waals surface area contributed by atoms with Gasteiger partial charge in [0.15, 0.2) is 9.99 Å². The average Bonchev–Trinajstić information content (AvgIpc) is 2.92. The molecule has 1 aromatic carbocycles. The molecule has 0 saturated heterocycles. The first-order chi connectivity index (χ1) is 11.0. The molecule has 0 radical (unpaired) electrons. The molecule has 0 aliphatic heterocycles. The van der Waals surface area contributed by atoms with E-state index in [1.54, 1.807) is 18.4 Å². The normalized spacial score (nSPS) is 13.9. The quantitative estimate of drug-likeness (QED) is 0.723. The molecule has 23 heavy (non-hydrogen) atoms. The molecule has 0 amide bonds. The molecule has 0 fully saturated rings. The summed E-state index contributed by atoms with van der Waals surface area (Å²) in [6.45, 7) is 1.98. The van der Waals surface area contributed by atoms with E-state index in [1.807, 2.05) is 13.0 Å². The average molecular weight is 387 g/mol. The number of anilines is 1. The molecule has 2 atom stereocenters. The van der Waals surface area contributed by atoms with Crippen LogP contribution < -0.4 is 5.32 Å². The van der Waals surface area contributed by atoms with E-state index in [4.69, 9.17) is 23.2 Å². The predicted molar refractivity (Wildman–Crippen MR) is 96.0 cm³/mol. The Labute approximate surface area is 149 Å². The van der Waals surface area contributed by atoms with Crippen molar-refractivity contribution in [3.05, 3.63) is 40.1 Å². The number of rotatable bonds is 4. The highest BCUT2D eigenvalue weighted by molar-refractivity contribution is 7.86. The van der Waals surface area contributed by atoms with E-state index in [-0.39, 0.29) is 6.04 Å². The topological polar surface area (TPSA) is 67.8 Å². The van der Waals surface area contributed by atoms with E-state index in [1.165, 1.54) is 17.7 Å². The number of benzene rings is 1. The Bertz CT molecular complexity index is 900. The monoisotopic (exact) mass is 386 g/mol. The van der Waals surface area contributed by atoms with Crippen LogP contribution in [0.1, 0.15) is 18.5 Å². The lowest BCUT2D eigenvalue weighted by atomic mass is 10.1. The number of halogens is 2. The van der Waals surface area contributed by atoms with Crippen LogP contribution in [0.15, 0.2) is 28.9 Å². The second-order valence-electron chi connectivity index (χ2n) is 4.84. The molecule has 2 heterocycles. The minimum Gasteiger partial charge on any atom is -0.362 e. The van der Waals surface area contributed by atoms with Crippen molar-refractivity contribution in [2.75, 3.05) is 11.6 Å². The smallest absolute Gasteiger partial charge is 0.183 e. The maximum absolute atomic E-state index is 11.6. The molecule has 0 bridgehead atoms.